The minimum absolute atomic E-state index is 0.267. The number of benzene rings is 2. The minimum atomic E-state index is -0.267. The molecule has 0 radical (unpaired) electrons. The molecule has 6 rings (SSSR count). The van der Waals surface area contributed by atoms with Crippen LogP contribution in [0.1, 0.15) is 66.1 Å². The third-order valence-corrected chi connectivity index (χ3v) is 8.04. The van der Waals surface area contributed by atoms with E-state index >= 15 is 0 Å². The molecule has 1 aliphatic heterocycles. The third kappa shape index (κ3) is 3.68. The Balaban J connectivity index is 1.68. The number of carbonyl (C=O) groups is 1. The quantitative estimate of drug-likeness (QED) is 0.318. The first-order valence-corrected chi connectivity index (χ1v) is 13.1. The van der Waals surface area contributed by atoms with E-state index in [4.69, 9.17) is 4.74 Å². The predicted octanol–water partition coefficient (Wildman–Crippen LogP) is 6.56. The second kappa shape index (κ2) is 8.87. The van der Waals surface area contributed by atoms with Crippen molar-refractivity contribution in [2.45, 2.75) is 64.1 Å². The van der Waals surface area contributed by atoms with Crippen LogP contribution in [0.2, 0.25) is 0 Å². The molecular formula is C30H35N3O2. The first-order valence-electron chi connectivity index (χ1n) is 13.1. The number of nitrogens with zero attached hydrogens (tertiary/aromatic N) is 3. The summed E-state index contributed by atoms with van der Waals surface area (Å²) in [5.74, 6) is 0.294. The predicted molar refractivity (Wildman–Crippen MR) is 142 cm³/mol. The number of rotatable bonds is 4. The summed E-state index contributed by atoms with van der Waals surface area (Å²) in [6.07, 6.45) is 7.47. The van der Waals surface area contributed by atoms with Crippen molar-refractivity contribution in [2.24, 2.45) is 0 Å². The molecule has 182 valence electrons. The monoisotopic (exact) mass is 469 g/mol. The first kappa shape index (κ1) is 22.4. The topological polar surface area (TPSA) is 39.4 Å². The summed E-state index contributed by atoms with van der Waals surface area (Å²) in [6.45, 7) is 2.88. The summed E-state index contributed by atoms with van der Waals surface area (Å²) in [5.41, 5.74) is 8.75. The van der Waals surface area contributed by atoms with Crippen molar-refractivity contribution in [1.82, 2.24) is 14.0 Å². The Bertz CT molecular complexity index is 1420. The van der Waals surface area contributed by atoms with Gasteiger partial charge in [0.25, 0.3) is 0 Å². The second-order valence-corrected chi connectivity index (χ2v) is 10.6. The maximum atomic E-state index is 12.4. The highest BCUT2D eigenvalue weighted by Gasteiger charge is 2.29. The molecular weight excluding hydrogens is 434 g/mol. The molecule has 1 saturated carbocycles. The highest BCUT2D eigenvalue weighted by molar-refractivity contribution is 6.03. The normalized spacial score (nSPS) is 16.5. The summed E-state index contributed by atoms with van der Waals surface area (Å²) in [5, 5.41) is 2.63. The lowest BCUT2D eigenvalue weighted by Crippen LogP contribution is -2.17. The number of hydrogen-bond acceptors (Lipinski definition) is 3. The Morgan fingerprint density at radius 1 is 1.00 bits per heavy atom. The number of ether oxygens (including phenoxy) is 1. The van der Waals surface area contributed by atoms with Crippen LogP contribution < -0.4 is 0 Å². The molecule has 1 aliphatic carbocycles. The number of fused-ring (bicyclic) bond motifs is 4. The van der Waals surface area contributed by atoms with E-state index < -0.39 is 0 Å². The Labute approximate surface area is 207 Å². The Morgan fingerprint density at radius 3 is 2.57 bits per heavy atom. The summed E-state index contributed by atoms with van der Waals surface area (Å²) in [6, 6.07) is 15.4. The van der Waals surface area contributed by atoms with E-state index in [1.165, 1.54) is 83.5 Å². The fourth-order valence-corrected chi connectivity index (χ4v) is 6.62. The Hall–Kier alpha value is -3.05. The van der Waals surface area contributed by atoms with E-state index in [0.29, 0.717) is 11.5 Å². The van der Waals surface area contributed by atoms with E-state index in [0.717, 1.165) is 26.1 Å². The van der Waals surface area contributed by atoms with Gasteiger partial charge in [-0.15, -0.1) is 0 Å². The number of aryl methyl sites for hydroxylation is 2. The maximum absolute atomic E-state index is 12.4. The van der Waals surface area contributed by atoms with Gasteiger partial charge in [-0.2, -0.15) is 0 Å². The molecule has 5 nitrogen and oxygen atoms in total. The highest BCUT2D eigenvalue weighted by atomic mass is 16.5. The van der Waals surface area contributed by atoms with Crippen molar-refractivity contribution in [1.29, 1.82) is 0 Å². The summed E-state index contributed by atoms with van der Waals surface area (Å²) >= 11 is 0. The van der Waals surface area contributed by atoms with Gasteiger partial charge in [-0.3, -0.25) is 0 Å². The van der Waals surface area contributed by atoms with Crippen molar-refractivity contribution >= 4 is 27.8 Å². The van der Waals surface area contributed by atoms with Gasteiger partial charge < -0.3 is 18.8 Å². The van der Waals surface area contributed by atoms with Crippen LogP contribution in [0.5, 0.6) is 0 Å². The summed E-state index contributed by atoms with van der Waals surface area (Å²) in [7, 11) is 5.75. The van der Waals surface area contributed by atoms with E-state index in [-0.39, 0.29) is 5.97 Å². The maximum Gasteiger partial charge on any atom is 0.337 e. The number of aromatic nitrogens is 2. The zero-order chi connectivity index (χ0) is 24.1. The molecule has 2 aliphatic rings. The van der Waals surface area contributed by atoms with Crippen LogP contribution >= 0.6 is 0 Å². The lowest BCUT2D eigenvalue weighted by Gasteiger charge is -2.25. The van der Waals surface area contributed by atoms with Gasteiger partial charge in [-0.05, 0) is 63.0 Å². The van der Waals surface area contributed by atoms with Gasteiger partial charge in [-0.1, -0.05) is 43.5 Å². The van der Waals surface area contributed by atoms with Crippen molar-refractivity contribution in [3.8, 4) is 11.3 Å². The molecule has 0 unspecified atom stereocenters. The second-order valence-electron chi connectivity index (χ2n) is 10.6. The molecule has 5 heteroatoms. The molecule has 0 spiro atoms. The van der Waals surface area contributed by atoms with Crippen LogP contribution in [0.25, 0.3) is 33.1 Å². The lowest BCUT2D eigenvalue weighted by molar-refractivity contribution is 0.0601. The zero-order valence-electron chi connectivity index (χ0n) is 21.1. The SMILES string of the molecule is COC(=O)c1ccc2c(C3CCCCC3)c3n(c2c1)CCCn1c(CN(C)C)cc2cccc-3c21. The fraction of sp³-hybridized carbons (Fsp3) is 0.433. The lowest BCUT2D eigenvalue weighted by atomic mass is 9.81. The van der Waals surface area contributed by atoms with Crippen LogP contribution in [-0.4, -0.2) is 41.2 Å². The molecule has 0 saturated heterocycles. The Morgan fingerprint density at radius 2 is 1.80 bits per heavy atom. The molecule has 1 fully saturated rings. The van der Waals surface area contributed by atoms with Gasteiger partial charge in [0.15, 0.2) is 0 Å². The zero-order valence-corrected chi connectivity index (χ0v) is 21.1. The van der Waals surface area contributed by atoms with Gasteiger partial charge in [-0.25, -0.2) is 4.79 Å². The minimum Gasteiger partial charge on any atom is -0.465 e. The molecule has 0 amide bonds. The van der Waals surface area contributed by atoms with Gasteiger partial charge in [0.2, 0.25) is 0 Å². The van der Waals surface area contributed by atoms with Gasteiger partial charge in [0, 0.05) is 47.2 Å². The van der Waals surface area contributed by atoms with Crippen molar-refractivity contribution < 1.29 is 9.53 Å². The van der Waals surface area contributed by atoms with Crippen LogP contribution in [0.15, 0.2) is 42.5 Å². The van der Waals surface area contributed by atoms with Crippen LogP contribution in [-0.2, 0) is 24.4 Å². The fourth-order valence-electron chi connectivity index (χ4n) is 6.62. The molecule has 3 heterocycles. The molecule has 0 atom stereocenters. The summed E-state index contributed by atoms with van der Waals surface area (Å²) < 4.78 is 10.2. The van der Waals surface area contributed by atoms with Crippen molar-refractivity contribution in [3.05, 3.63) is 59.3 Å². The van der Waals surface area contributed by atoms with E-state index in [9.17, 15) is 4.79 Å². The van der Waals surface area contributed by atoms with E-state index in [2.05, 4.69) is 64.5 Å². The molecule has 35 heavy (non-hydrogen) atoms. The first-order chi connectivity index (χ1) is 17.1. The van der Waals surface area contributed by atoms with Crippen molar-refractivity contribution in [3.63, 3.8) is 0 Å². The molecule has 2 aromatic heterocycles. The average Bonchev–Trinajstić information content (AvgIpc) is 3.36. The molecule has 2 aromatic carbocycles. The number of esters is 1. The highest BCUT2D eigenvalue weighted by Crippen LogP contribution is 2.46. The van der Waals surface area contributed by atoms with Crippen LogP contribution in [0.4, 0.5) is 0 Å². The third-order valence-electron chi connectivity index (χ3n) is 8.04. The number of methoxy groups -OCH3 is 1. The van der Waals surface area contributed by atoms with Crippen LogP contribution in [0.3, 0.4) is 0 Å². The van der Waals surface area contributed by atoms with E-state index in [1.54, 1.807) is 0 Å². The van der Waals surface area contributed by atoms with Gasteiger partial charge >= 0.3 is 5.97 Å². The molecule has 0 bridgehead atoms. The standard InChI is InChI=1S/C30H35N3O2/c1-31(2)19-23-17-21-11-7-12-25-28(21)32(23)15-8-16-33-26-18-22(30(34)35-3)13-14-24(26)27(29(25)33)20-9-5-4-6-10-20/h7,11-14,17-18,20H,4-6,8-10,15-16,19H2,1-3H3. The molecule has 0 N–H and O–H groups in total. The average molecular weight is 470 g/mol. The molecule has 4 aromatic rings. The van der Waals surface area contributed by atoms with Crippen molar-refractivity contribution in [2.75, 3.05) is 21.2 Å². The number of hydrogen-bond donors (Lipinski definition) is 0. The van der Waals surface area contributed by atoms with Gasteiger partial charge in [0.1, 0.15) is 0 Å². The largest absolute Gasteiger partial charge is 0.465 e. The smallest absolute Gasteiger partial charge is 0.337 e. The van der Waals surface area contributed by atoms with Crippen LogP contribution in [0, 0.1) is 0 Å². The number of carbonyl (C=O) groups excluding carboxylic acids is 1. The number of para-hydroxylation sites is 1. The summed E-state index contributed by atoms with van der Waals surface area (Å²) in [4.78, 5) is 14.7. The Kier molecular flexibility index (Phi) is 5.68. The van der Waals surface area contributed by atoms with Gasteiger partial charge in [0.05, 0.1) is 23.9 Å². The van der Waals surface area contributed by atoms with E-state index in [1.807, 2.05) is 6.07 Å².